The summed E-state index contributed by atoms with van der Waals surface area (Å²) in [5, 5.41) is 6.05. The number of benzene rings is 2. The molecule has 2 saturated heterocycles. The molecule has 38 heavy (non-hydrogen) atoms. The molecule has 1 saturated carbocycles. The van der Waals surface area contributed by atoms with Crippen LogP contribution < -0.4 is 10.6 Å². The normalized spacial score (nSPS) is 29.9. The first-order valence-electron chi connectivity index (χ1n) is 13.2. The maximum absolute atomic E-state index is 14.7. The molecular formula is C29H29BrFN3O4. The fraction of sp³-hybridized carbons (Fsp3) is 0.414. The van der Waals surface area contributed by atoms with E-state index in [1.54, 1.807) is 42.5 Å². The van der Waals surface area contributed by atoms with Crippen LogP contribution in [0.25, 0.3) is 0 Å². The Kier molecular flexibility index (Phi) is 6.60. The number of carbonyl (C=O) groups excluding carboxylic acids is 3. The van der Waals surface area contributed by atoms with Crippen molar-refractivity contribution in [2.24, 2.45) is 11.8 Å². The third-order valence-corrected chi connectivity index (χ3v) is 8.82. The summed E-state index contributed by atoms with van der Waals surface area (Å²) in [5.41, 5.74) is -0.380. The minimum atomic E-state index is -1.28. The van der Waals surface area contributed by atoms with Gasteiger partial charge in [-0.3, -0.25) is 14.4 Å². The number of amides is 3. The number of fused-ring (bicyclic) bond motifs is 1. The molecule has 0 aromatic heterocycles. The van der Waals surface area contributed by atoms with Gasteiger partial charge in [-0.25, -0.2) is 4.39 Å². The number of carbonyl (C=O) groups is 3. The van der Waals surface area contributed by atoms with Crippen LogP contribution in [0.2, 0.25) is 0 Å². The molecule has 2 aromatic carbocycles. The topological polar surface area (TPSA) is 87.7 Å². The van der Waals surface area contributed by atoms with Crippen LogP contribution in [-0.2, 0) is 25.7 Å². The third-order valence-electron chi connectivity index (χ3n) is 8.29. The maximum Gasteiger partial charge on any atom is 0.246 e. The van der Waals surface area contributed by atoms with Crippen LogP contribution in [0.15, 0.2) is 65.2 Å². The fourth-order valence-electron chi connectivity index (χ4n) is 6.53. The van der Waals surface area contributed by atoms with Gasteiger partial charge in [0.2, 0.25) is 17.7 Å². The first-order valence-corrected chi connectivity index (χ1v) is 13.9. The van der Waals surface area contributed by atoms with Gasteiger partial charge in [0.1, 0.15) is 17.5 Å². The molecule has 3 aliphatic heterocycles. The van der Waals surface area contributed by atoms with Crippen LogP contribution >= 0.6 is 15.9 Å². The van der Waals surface area contributed by atoms with Crippen LogP contribution in [-0.4, -0.2) is 46.4 Å². The van der Waals surface area contributed by atoms with Crippen LogP contribution in [0.1, 0.15) is 37.7 Å². The van der Waals surface area contributed by atoms with Gasteiger partial charge in [-0.2, -0.15) is 0 Å². The SMILES string of the molecule is O=C(Nc1ccc(Br)cc1)[C@H]1[C@H]2C=C[C@@]3(O2)[C@H]1C(=O)N(Cc1ccccc1F)[C@@H]3C(=O)NC1CCCCC1. The van der Waals surface area contributed by atoms with E-state index in [9.17, 15) is 18.8 Å². The Morgan fingerprint density at radius 2 is 1.79 bits per heavy atom. The molecule has 7 nitrogen and oxygen atoms in total. The number of rotatable bonds is 6. The Morgan fingerprint density at radius 3 is 2.53 bits per heavy atom. The second-order valence-corrected chi connectivity index (χ2v) is 11.5. The van der Waals surface area contributed by atoms with Crippen molar-refractivity contribution in [1.82, 2.24) is 10.2 Å². The second kappa shape index (κ2) is 9.93. The zero-order valence-corrected chi connectivity index (χ0v) is 22.3. The highest BCUT2D eigenvalue weighted by molar-refractivity contribution is 9.10. The largest absolute Gasteiger partial charge is 0.359 e. The molecule has 4 aliphatic rings. The summed E-state index contributed by atoms with van der Waals surface area (Å²) in [6, 6.07) is 12.4. The van der Waals surface area contributed by atoms with E-state index in [-0.39, 0.29) is 30.3 Å². The molecule has 1 aliphatic carbocycles. The molecule has 3 fully saturated rings. The van der Waals surface area contributed by atoms with Gasteiger partial charge in [0.05, 0.1) is 17.9 Å². The van der Waals surface area contributed by atoms with E-state index >= 15 is 0 Å². The lowest BCUT2D eigenvalue weighted by molar-refractivity contribution is -0.142. The van der Waals surface area contributed by atoms with Crippen molar-refractivity contribution in [3.63, 3.8) is 0 Å². The molecule has 1 spiro atoms. The minimum absolute atomic E-state index is 0.0243. The van der Waals surface area contributed by atoms with E-state index in [4.69, 9.17) is 4.74 Å². The molecular weight excluding hydrogens is 553 g/mol. The number of ether oxygens (including phenoxy) is 1. The smallest absolute Gasteiger partial charge is 0.246 e. The van der Waals surface area contributed by atoms with Crippen LogP contribution in [0.3, 0.4) is 0 Å². The van der Waals surface area contributed by atoms with Crippen molar-refractivity contribution < 1.29 is 23.5 Å². The van der Waals surface area contributed by atoms with E-state index in [0.717, 1.165) is 36.6 Å². The number of nitrogens with zero attached hydrogens (tertiary/aromatic N) is 1. The van der Waals surface area contributed by atoms with E-state index in [1.807, 2.05) is 12.1 Å². The third kappa shape index (κ3) is 4.25. The minimum Gasteiger partial charge on any atom is -0.359 e. The Bertz CT molecular complexity index is 1290. The summed E-state index contributed by atoms with van der Waals surface area (Å²) in [7, 11) is 0. The summed E-state index contributed by atoms with van der Waals surface area (Å²) in [4.78, 5) is 42.8. The van der Waals surface area contributed by atoms with Crippen molar-refractivity contribution in [2.75, 3.05) is 5.32 Å². The van der Waals surface area contributed by atoms with Crippen LogP contribution in [0.5, 0.6) is 0 Å². The Labute approximate surface area is 228 Å². The van der Waals surface area contributed by atoms with Gasteiger partial charge in [-0.15, -0.1) is 0 Å². The van der Waals surface area contributed by atoms with Crippen molar-refractivity contribution in [2.45, 2.75) is 62.4 Å². The number of nitrogens with one attached hydrogen (secondary N) is 2. The van der Waals surface area contributed by atoms with Crippen molar-refractivity contribution in [1.29, 1.82) is 0 Å². The number of halogens is 2. The Morgan fingerprint density at radius 1 is 1.05 bits per heavy atom. The molecule has 198 valence electrons. The molecule has 6 rings (SSSR count). The zero-order chi connectivity index (χ0) is 26.4. The molecule has 3 heterocycles. The quantitative estimate of drug-likeness (QED) is 0.497. The predicted octanol–water partition coefficient (Wildman–Crippen LogP) is 4.33. The molecule has 5 atom stereocenters. The van der Waals surface area contributed by atoms with Gasteiger partial charge in [0.15, 0.2) is 0 Å². The average molecular weight is 582 g/mol. The van der Waals surface area contributed by atoms with Crippen molar-refractivity contribution in [3.8, 4) is 0 Å². The highest BCUT2D eigenvalue weighted by Crippen LogP contribution is 2.55. The van der Waals surface area contributed by atoms with Gasteiger partial charge in [0.25, 0.3) is 0 Å². The molecule has 2 bridgehead atoms. The first-order chi connectivity index (χ1) is 18.4. The standard InChI is InChI=1S/C29H29BrFN3O4/c30-18-10-12-20(13-11-18)32-26(35)23-22-14-15-29(38-22)24(23)28(37)34(16-17-6-4-5-9-21(17)31)25(29)27(36)33-19-7-2-1-3-8-19/h4-6,9-15,19,22-25H,1-3,7-8,16H2,(H,32,35)(H,33,36)/t22-,23+,24-,25-,29-/m1/s1. The van der Waals surface area contributed by atoms with E-state index in [2.05, 4.69) is 26.6 Å². The van der Waals surface area contributed by atoms with E-state index in [0.29, 0.717) is 11.3 Å². The summed E-state index contributed by atoms with van der Waals surface area (Å²) in [6.07, 6.45) is 7.92. The molecule has 3 amide bonds. The first kappa shape index (κ1) is 25.2. The van der Waals surface area contributed by atoms with E-state index in [1.165, 1.54) is 11.0 Å². The second-order valence-electron chi connectivity index (χ2n) is 10.6. The fourth-order valence-corrected chi connectivity index (χ4v) is 6.80. The van der Waals surface area contributed by atoms with Gasteiger partial charge in [-0.1, -0.05) is 65.5 Å². The van der Waals surface area contributed by atoms with Gasteiger partial charge >= 0.3 is 0 Å². The molecule has 9 heteroatoms. The molecule has 0 radical (unpaired) electrons. The molecule has 0 unspecified atom stereocenters. The van der Waals surface area contributed by atoms with Gasteiger partial charge < -0.3 is 20.3 Å². The lowest BCUT2D eigenvalue weighted by atomic mass is 9.74. The molecule has 2 aromatic rings. The van der Waals surface area contributed by atoms with Gasteiger partial charge in [0, 0.05) is 28.3 Å². The van der Waals surface area contributed by atoms with Crippen molar-refractivity contribution >= 4 is 39.3 Å². The lowest BCUT2D eigenvalue weighted by Gasteiger charge is -2.34. The Hall–Kier alpha value is -3.04. The van der Waals surface area contributed by atoms with Crippen LogP contribution in [0.4, 0.5) is 10.1 Å². The number of likely N-dealkylation sites (tertiary alicyclic amines) is 1. The Balaban J connectivity index is 1.33. The number of hydrogen-bond donors (Lipinski definition) is 2. The summed E-state index contributed by atoms with van der Waals surface area (Å²) < 4.78 is 21.9. The van der Waals surface area contributed by atoms with Crippen LogP contribution in [0, 0.1) is 17.7 Å². The molecule has 2 N–H and O–H groups in total. The highest BCUT2D eigenvalue weighted by atomic mass is 79.9. The summed E-state index contributed by atoms with van der Waals surface area (Å²) in [5.74, 6) is -3.19. The van der Waals surface area contributed by atoms with Gasteiger partial charge in [-0.05, 0) is 43.2 Å². The number of anilines is 1. The van der Waals surface area contributed by atoms with E-state index < -0.39 is 35.4 Å². The highest BCUT2D eigenvalue weighted by Gasteiger charge is 2.72. The summed E-state index contributed by atoms with van der Waals surface area (Å²) >= 11 is 3.39. The number of hydrogen-bond acceptors (Lipinski definition) is 4. The predicted molar refractivity (Wildman–Crippen MR) is 142 cm³/mol. The lowest BCUT2D eigenvalue weighted by Crippen LogP contribution is -2.56. The maximum atomic E-state index is 14.7. The summed E-state index contributed by atoms with van der Waals surface area (Å²) in [6.45, 7) is -0.0879. The average Bonchev–Trinajstić information content (AvgIpc) is 3.55. The van der Waals surface area contributed by atoms with Crippen molar-refractivity contribution in [3.05, 3.63) is 76.5 Å². The monoisotopic (exact) mass is 581 g/mol. The zero-order valence-electron chi connectivity index (χ0n) is 20.7.